The number of aromatic nitrogens is 2. The molecule has 0 saturated carbocycles. The van der Waals surface area contributed by atoms with Crippen molar-refractivity contribution in [1.82, 2.24) is 15.3 Å². The molecule has 2 atom stereocenters. The summed E-state index contributed by atoms with van der Waals surface area (Å²) in [6, 6.07) is 2.77. The maximum Gasteiger partial charge on any atom is 0.408 e. The average Bonchev–Trinajstić information content (AvgIpc) is 3.27. The SMILES string of the molecule is C=C(N[C@H](C)C(F)(F)F)c1ccc(C)c(N(C(=O)Nc2cc3c(cn2)N=C=C3)C(C)(CC)CCC)n1. The standard InChI is InChI=1S/C26H31F3N6O/c1-7-12-25(6,8-2)35(24(36)34-22-14-19-11-13-30-21(19)15-31-22)23-16(3)9-10-20(33-23)17(4)32-18(5)26(27,28)29/h9-11,14-15,18,32H,4,7-8,12H2,1-3,5-6H3,(H,31,34,36)/t18-,25?/m1/s1. The van der Waals surface area contributed by atoms with Crippen molar-refractivity contribution >= 4 is 41.0 Å². The smallest absolute Gasteiger partial charge is 0.373 e. The fourth-order valence-electron chi connectivity index (χ4n) is 3.99. The summed E-state index contributed by atoms with van der Waals surface area (Å²) in [4.78, 5) is 28.3. The maximum absolute atomic E-state index is 13.7. The van der Waals surface area contributed by atoms with Gasteiger partial charge in [-0.05, 0) is 57.2 Å². The molecule has 0 spiro atoms. The lowest BCUT2D eigenvalue weighted by Gasteiger charge is -2.41. The highest BCUT2D eigenvalue weighted by Gasteiger charge is 2.38. The lowest BCUT2D eigenvalue weighted by atomic mass is 9.90. The molecule has 192 valence electrons. The van der Waals surface area contributed by atoms with Crippen LogP contribution >= 0.6 is 0 Å². The Morgan fingerprint density at radius 2 is 2.00 bits per heavy atom. The molecule has 36 heavy (non-hydrogen) atoms. The van der Waals surface area contributed by atoms with E-state index in [9.17, 15) is 18.0 Å². The van der Waals surface area contributed by atoms with Crippen molar-refractivity contribution in [3.63, 3.8) is 0 Å². The predicted molar refractivity (Wildman–Crippen MR) is 138 cm³/mol. The number of nitrogens with zero attached hydrogens (tertiary/aromatic N) is 4. The van der Waals surface area contributed by atoms with Gasteiger partial charge < -0.3 is 5.32 Å². The van der Waals surface area contributed by atoms with Crippen molar-refractivity contribution in [2.75, 3.05) is 10.2 Å². The highest BCUT2D eigenvalue weighted by Crippen LogP contribution is 2.34. The van der Waals surface area contributed by atoms with Crippen molar-refractivity contribution in [2.24, 2.45) is 4.99 Å². The van der Waals surface area contributed by atoms with Crippen LogP contribution in [-0.2, 0) is 0 Å². The van der Waals surface area contributed by atoms with E-state index in [0.29, 0.717) is 35.7 Å². The Hall–Kier alpha value is -3.65. The van der Waals surface area contributed by atoms with Crippen LogP contribution in [0.15, 0.2) is 36.0 Å². The van der Waals surface area contributed by atoms with Crippen molar-refractivity contribution < 1.29 is 18.0 Å². The quantitative estimate of drug-likeness (QED) is 0.345. The number of amides is 2. The van der Waals surface area contributed by atoms with Crippen LogP contribution in [0.3, 0.4) is 0 Å². The Labute approximate surface area is 209 Å². The van der Waals surface area contributed by atoms with Gasteiger partial charge in [-0.15, -0.1) is 0 Å². The molecule has 0 aromatic carbocycles. The highest BCUT2D eigenvalue weighted by molar-refractivity contribution is 6.02. The first-order valence-electron chi connectivity index (χ1n) is 11.8. The zero-order chi connectivity index (χ0) is 26.7. The van der Waals surface area contributed by atoms with E-state index in [1.165, 1.54) is 0 Å². The molecule has 2 N–H and O–H groups in total. The zero-order valence-electron chi connectivity index (χ0n) is 21.1. The summed E-state index contributed by atoms with van der Waals surface area (Å²) in [7, 11) is 0. The van der Waals surface area contributed by atoms with Crippen molar-refractivity contribution in [2.45, 2.75) is 71.6 Å². The normalized spacial score (nSPS) is 14.7. The van der Waals surface area contributed by atoms with Gasteiger partial charge in [-0.2, -0.15) is 13.2 Å². The molecule has 0 fully saturated rings. The van der Waals surface area contributed by atoms with Crippen LogP contribution in [0.5, 0.6) is 0 Å². The van der Waals surface area contributed by atoms with Gasteiger partial charge in [-0.3, -0.25) is 10.2 Å². The van der Waals surface area contributed by atoms with Crippen LogP contribution in [0.4, 0.5) is 35.3 Å². The Balaban J connectivity index is 2.00. The molecule has 2 aromatic rings. The highest BCUT2D eigenvalue weighted by atomic mass is 19.4. The number of nitrogens with one attached hydrogen (secondary N) is 2. The number of anilines is 2. The van der Waals surface area contributed by atoms with Gasteiger partial charge in [0.05, 0.1) is 23.3 Å². The van der Waals surface area contributed by atoms with Crippen LogP contribution in [0.2, 0.25) is 0 Å². The summed E-state index contributed by atoms with van der Waals surface area (Å²) >= 11 is 0. The topological polar surface area (TPSA) is 82.5 Å². The molecule has 1 aliphatic rings. The maximum atomic E-state index is 13.7. The van der Waals surface area contributed by atoms with Gasteiger partial charge in [-0.1, -0.05) is 32.9 Å². The summed E-state index contributed by atoms with van der Waals surface area (Å²) in [5.41, 5.74) is 1.76. The number of rotatable bonds is 9. The van der Waals surface area contributed by atoms with E-state index >= 15 is 0 Å². The minimum absolute atomic E-state index is 0.0159. The second-order valence-electron chi connectivity index (χ2n) is 9.10. The van der Waals surface area contributed by atoms with E-state index in [2.05, 4.69) is 38.0 Å². The second-order valence-corrected chi connectivity index (χ2v) is 9.10. The zero-order valence-corrected chi connectivity index (χ0v) is 21.1. The van der Waals surface area contributed by atoms with E-state index in [1.54, 1.807) is 42.3 Å². The number of urea groups is 1. The van der Waals surface area contributed by atoms with Crippen LogP contribution < -0.4 is 15.5 Å². The molecule has 2 aromatic heterocycles. The van der Waals surface area contributed by atoms with E-state index < -0.39 is 23.8 Å². The summed E-state index contributed by atoms with van der Waals surface area (Å²) in [6.45, 7) is 12.5. The summed E-state index contributed by atoms with van der Waals surface area (Å²) in [5, 5.41) is 5.22. The Morgan fingerprint density at radius 1 is 1.28 bits per heavy atom. The van der Waals surface area contributed by atoms with Gasteiger partial charge in [0.25, 0.3) is 0 Å². The van der Waals surface area contributed by atoms with Gasteiger partial charge >= 0.3 is 12.2 Å². The molecular weight excluding hydrogens is 469 g/mol. The number of aliphatic imine (C=N–C) groups is 1. The van der Waals surface area contributed by atoms with Crippen LogP contribution in [-0.4, -0.2) is 39.6 Å². The predicted octanol–water partition coefficient (Wildman–Crippen LogP) is 6.63. The first kappa shape index (κ1) is 26.9. The van der Waals surface area contributed by atoms with E-state index in [-0.39, 0.29) is 11.4 Å². The second kappa shape index (κ2) is 10.5. The summed E-state index contributed by atoms with van der Waals surface area (Å²) < 4.78 is 39.2. The Bertz CT molecular complexity index is 1220. The third-order valence-corrected chi connectivity index (χ3v) is 6.32. The first-order valence-corrected chi connectivity index (χ1v) is 11.8. The number of fused-ring (bicyclic) bond motifs is 1. The van der Waals surface area contributed by atoms with Crippen LogP contribution in [0.25, 0.3) is 11.8 Å². The van der Waals surface area contributed by atoms with Crippen molar-refractivity contribution in [3.05, 3.63) is 47.8 Å². The number of halogens is 3. The van der Waals surface area contributed by atoms with Gasteiger partial charge in [-0.25, -0.2) is 19.8 Å². The molecular formula is C26H31F3N6O. The van der Waals surface area contributed by atoms with Gasteiger partial charge in [0, 0.05) is 17.2 Å². The third-order valence-electron chi connectivity index (χ3n) is 6.32. The molecule has 1 aliphatic heterocycles. The summed E-state index contributed by atoms with van der Waals surface area (Å²) in [5.74, 6) is 3.44. The van der Waals surface area contributed by atoms with Crippen molar-refractivity contribution in [1.29, 1.82) is 0 Å². The number of aryl methyl sites for hydroxylation is 1. The van der Waals surface area contributed by atoms with Gasteiger partial charge in [0.15, 0.2) is 0 Å². The van der Waals surface area contributed by atoms with Gasteiger partial charge in [0.2, 0.25) is 0 Å². The molecule has 0 aliphatic carbocycles. The number of hydrogen-bond acceptors (Lipinski definition) is 5. The van der Waals surface area contributed by atoms with Crippen LogP contribution in [0, 0.1) is 6.92 Å². The number of alkyl halides is 3. The molecule has 3 heterocycles. The molecule has 0 radical (unpaired) electrons. The van der Waals surface area contributed by atoms with E-state index in [4.69, 9.17) is 0 Å². The average molecular weight is 501 g/mol. The third kappa shape index (κ3) is 5.76. The molecule has 0 saturated heterocycles. The molecule has 0 bridgehead atoms. The molecule has 2 amide bonds. The fourth-order valence-corrected chi connectivity index (χ4v) is 3.99. The fraction of sp³-hybridized carbons (Fsp3) is 0.423. The summed E-state index contributed by atoms with van der Waals surface area (Å²) in [6.07, 6.45) is 0.932. The molecule has 7 nitrogen and oxygen atoms in total. The number of pyridine rings is 2. The Kier molecular flexibility index (Phi) is 7.89. The Morgan fingerprint density at radius 3 is 2.64 bits per heavy atom. The van der Waals surface area contributed by atoms with Gasteiger partial charge in [0.1, 0.15) is 17.7 Å². The number of hydrogen-bond donors (Lipinski definition) is 2. The molecule has 3 rings (SSSR count). The van der Waals surface area contributed by atoms with E-state index in [0.717, 1.165) is 18.9 Å². The molecule has 10 heteroatoms. The van der Waals surface area contributed by atoms with E-state index in [1.807, 2.05) is 20.8 Å². The van der Waals surface area contributed by atoms with Crippen molar-refractivity contribution in [3.8, 4) is 0 Å². The largest absolute Gasteiger partial charge is 0.408 e. The monoisotopic (exact) mass is 500 g/mol. The molecule has 1 unspecified atom stereocenters. The lowest BCUT2D eigenvalue weighted by molar-refractivity contribution is -0.148. The van der Waals surface area contributed by atoms with Crippen LogP contribution in [0.1, 0.15) is 63.8 Å². The first-order chi connectivity index (χ1) is 16.9. The minimum Gasteiger partial charge on any atom is -0.373 e. The number of carbonyl (C=O) groups excluding carboxylic acids is 1. The number of carbonyl (C=O) groups is 1. The minimum atomic E-state index is -4.44. The lowest BCUT2D eigenvalue weighted by Crippen LogP contribution is -2.52.